The van der Waals surface area contributed by atoms with Crippen LogP contribution in [0, 0.1) is 0 Å². The third-order valence-corrected chi connectivity index (χ3v) is 3.54. The fourth-order valence-electron chi connectivity index (χ4n) is 1.99. The summed E-state index contributed by atoms with van der Waals surface area (Å²) in [6.45, 7) is 3.25. The third-order valence-electron chi connectivity index (χ3n) is 3.08. The average molecular weight is 323 g/mol. The zero-order valence-corrected chi connectivity index (χ0v) is 11.6. The van der Waals surface area contributed by atoms with Crippen molar-refractivity contribution in [1.29, 1.82) is 0 Å². The lowest BCUT2D eigenvalue weighted by atomic mass is 10.1. The molecule has 0 N–H and O–H groups in total. The van der Waals surface area contributed by atoms with E-state index in [1.54, 1.807) is 6.07 Å². The highest BCUT2D eigenvalue weighted by molar-refractivity contribution is 9.10. The van der Waals surface area contributed by atoms with Gasteiger partial charge in [0.25, 0.3) is 0 Å². The van der Waals surface area contributed by atoms with Crippen molar-refractivity contribution in [2.75, 3.05) is 38.1 Å². The molecule has 2 nitrogen and oxygen atoms in total. The Labute approximate surface area is 112 Å². The Kier molecular flexibility index (Phi) is 3.87. The topological polar surface area (TPSA) is 6.48 Å². The van der Waals surface area contributed by atoms with Crippen molar-refractivity contribution in [2.45, 2.75) is 6.18 Å². The van der Waals surface area contributed by atoms with Gasteiger partial charge in [0, 0.05) is 36.3 Å². The number of benzene rings is 1. The predicted molar refractivity (Wildman–Crippen MR) is 68.9 cm³/mol. The average Bonchev–Trinajstić information content (AvgIpc) is 2.28. The van der Waals surface area contributed by atoms with Gasteiger partial charge in [0.05, 0.1) is 5.56 Å². The molecule has 100 valence electrons. The summed E-state index contributed by atoms with van der Waals surface area (Å²) in [6, 6.07) is 4.07. The van der Waals surface area contributed by atoms with E-state index in [-0.39, 0.29) is 0 Å². The van der Waals surface area contributed by atoms with Crippen molar-refractivity contribution >= 4 is 21.6 Å². The molecule has 0 aliphatic carbocycles. The quantitative estimate of drug-likeness (QED) is 0.783. The van der Waals surface area contributed by atoms with Gasteiger partial charge in [0.2, 0.25) is 0 Å². The Hall–Kier alpha value is -0.750. The summed E-state index contributed by atoms with van der Waals surface area (Å²) in [6.07, 6.45) is -4.30. The van der Waals surface area contributed by atoms with E-state index in [2.05, 4.69) is 20.8 Å². The van der Waals surface area contributed by atoms with E-state index in [1.165, 1.54) is 6.07 Å². The fourth-order valence-corrected chi connectivity index (χ4v) is 2.47. The van der Waals surface area contributed by atoms with Gasteiger partial charge in [-0.3, -0.25) is 0 Å². The van der Waals surface area contributed by atoms with Crippen molar-refractivity contribution in [2.24, 2.45) is 0 Å². The standard InChI is InChI=1S/C12H14BrF3N2/c1-17-2-4-18(5-3-17)11-7-9(12(14,15)16)6-10(13)8-11/h6-8H,2-5H2,1H3. The van der Waals surface area contributed by atoms with Gasteiger partial charge in [-0.25, -0.2) is 0 Å². The van der Waals surface area contributed by atoms with E-state index in [9.17, 15) is 13.2 Å². The van der Waals surface area contributed by atoms with Crippen LogP contribution in [0.2, 0.25) is 0 Å². The van der Waals surface area contributed by atoms with E-state index in [0.717, 1.165) is 32.2 Å². The molecule has 0 atom stereocenters. The molecule has 0 saturated carbocycles. The number of hydrogen-bond acceptors (Lipinski definition) is 2. The molecular weight excluding hydrogens is 309 g/mol. The normalized spacial score (nSPS) is 18.2. The first-order chi connectivity index (χ1) is 8.36. The molecule has 0 aromatic heterocycles. The van der Waals surface area contributed by atoms with Crippen LogP contribution in [0.25, 0.3) is 0 Å². The summed E-state index contributed by atoms with van der Waals surface area (Å²) in [5.41, 5.74) is 0.0237. The molecule has 2 rings (SSSR count). The summed E-state index contributed by atoms with van der Waals surface area (Å²) in [5, 5.41) is 0. The van der Waals surface area contributed by atoms with Crippen molar-refractivity contribution in [1.82, 2.24) is 4.90 Å². The van der Waals surface area contributed by atoms with Gasteiger partial charge in [-0.2, -0.15) is 13.2 Å². The maximum Gasteiger partial charge on any atom is 0.416 e. The van der Waals surface area contributed by atoms with Crippen LogP contribution in [0.4, 0.5) is 18.9 Å². The van der Waals surface area contributed by atoms with Crippen molar-refractivity contribution < 1.29 is 13.2 Å². The highest BCUT2D eigenvalue weighted by atomic mass is 79.9. The molecule has 18 heavy (non-hydrogen) atoms. The van der Waals surface area contributed by atoms with Gasteiger partial charge in [0.15, 0.2) is 0 Å². The second kappa shape index (κ2) is 5.09. The van der Waals surface area contributed by atoms with Crippen molar-refractivity contribution in [3.8, 4) is 0 Å². The number of halogens is 4. The lowest BCUT2D eigenvalue weighted by molar-refractivity contribution is -0.137. The van der Waals surface area contributed by atoms with E-state index < -0.39 is 11.7 Å². The SMILES string of the molecule is CN1CCN(c2cc(Br)cc(C(F)(F)F)c2)CC1. The highest BCUT2D eigenvalue weighted by Crippen LogP contribution is 2.34. The second-order valence-corrected chi connectivity index (χ2v) is 5.40. The second-order valence-electron chi connectivity index (χ2n) is 4.49. The number of likely N-dealkylation sites (N-methyl/N-ethyl adjacent to an activating group) is 1. The molecule has 0 unspecified atom stereocenters. The van der Waals surface area contributed by atoms with Crippen LogP contribution in [-0.2, 0) is 6.18 Å². The lowest BCUT2D eigenvalue weighted by Gasteiger charge is -2.34. The van der Waals surface area contributed by atoms with Crippen LogP contribution in [0.15, 0.2) is 22.7 Å². The summed E-state index contributed by atoms with van der Waals surface area (Å²) >= 11 is 3.15. The maximum absolute atomic E-state index is 12.7. The Morgan fingerprint density at radius 1 is 1.06 bits per heavy atom. The number of piperazine rings is 1. The first-order valence-corrected chi connectivity index (χ1v) is 6.47. The predicted octanol–water partition coefficient (Wildman–Crippen LogP) is 3.22. The number of nitrogens with zero attached hydrogens (tertiary/aromatic N) is 2. The maximum atomic E-state index is 12.7. The molecule has 1 aromatic carbocycles. The summed E-state index contributed by atoms with van der Waals surface area (Å²) in [4.78, 5) is 4.15. The number of rotatable bonds is 1. The number of anilines is 1. The first kappa shape index (κ1) is 13.7. The Balaban J connectivity index is 2.25. The minimum absolute atomic E-state index is 0.464. The molecule has 6 heteroatoms. The molecule has 1 saturated heterocycles. The van der Waals surface area contributed by atoms with Crippen molar-refractivity contribution in [3.63, 3.8) is 0 Å². The largest absolute Gasteiger partial charge is 0.416 e. The summed E-state index contributed by atoms with van der Waals surface area (Å²) in [5.74, 6) is 0. The van der Waals surface area contributed by atoms with Gasteiger partial charge < -0.3 is 9.80 Å². The third kappa shape index (κ3) is 3.17. The molecule has 0 bridgehead atoms. The van der Waals surface area contributed by atoms with Gasteiger partial charge in [-0.05, 0) is 25.2 Å². The van der Waals surface area contributed by atoms with E-state index >= 15 is 0 Å². The Bertz CT molecular complexity index is 426. The van der Waals surface area contributed by atoms with Crippen molar-refractivity contribution in [3.05, 3.63) is 28.2 Å². The smallest absolute Gasteiger partial charge is 0.369 e. The van der Waals surface area contributed by atoms with E-state index in [4.69, 9.17) is 0 Å². The molecule has 1 aliphatic rings. The summed E-state index contributed by atoms with van der Waals surface area (Å²) in [7, 11) is 2.01. The van der Waals surface area contributed by atoms with E-state index in [1.807, 2.05) is 11.9 Å². The van der Waals surface area contributed by atoms with Gasteiger partial charge in [-0.1, -0.05) is 15.9 Å². The molecular formula is C12H14BrF3N2. The summed E-state index contributed by atoms with van der Waals surface area (Å²) < 4.78 is 38.7. The van der Waals surface area contributed by atoms with Gasteiger partial charge >= 0.3 is 6.18 Å². The zero-order chi connectivity index (χ0) is 13.3. The molecule has 0 spiro atoms. The molecule has 1 heterocycles. The minimum atomic E-state index is -4.30. The Morgan fingerprint density at radius 2 is 1.67 bits per heavy atom. The van der Waals surface area contributed by atoms with Crippen LogP contribution in [0.1, 0.15) is 5.56 Å². The molecule has 0 amide bonds. The molecule has 0 radical (unpaired) electrons. The molecule has 1 aliphatic heterocycles. The first-order valence-electron chi connectivity index (χ1n) is 5.67. The molecule has 1 aromatic rings. The van der Waals surface area contributed by atoms with Crippen LogP contribution < -0.4 is 4.90 Å². The van der Waals surface area contributed by atoms with Gasteiger partial charge in [0.1, 0.15) is 0 Å². The van der Waals surface area contributed by atoms with Crippen LogP contribution in [0.3, 0.4) is 0 Å². The number of hydrogen-bond donors (Lipinski definition) is 0. The molecule has 1 fully saturated rings. The van der Waals surface area contributed by atoms with Crippen LogP contribution >= 0.6 is 15.9 Å². The number of alkyl halides is 3. The monoisotopic (exact) mass is 322 g/mol. The highest BCUT2D eigenvalue weighted by Gasteiger charge is 2.31. The minimum Gasteiger partial charge on any atom is -0.369 e. The van der Waals surface area contributed by atoms with Crippen LogP contribution in [0.5, 0.6) is 0 Å². The van der Waals surface area contributed by atoms with Crippen LogP contribution in [-0.4, -0.2) is 38.1 Å². The van der Waals surface area contributed by atoms with Gasteiger partial charge in [-0.15, -0.1) is 0 Å². The lowest BCUT2D eigenvalue weighted by Crippen LogP contribution is -2.44. The zero-order valence-electron chi connectivity index (χ0n) is 9.97. The van der Waals surface area contributed by atoms with E-state index in [0.29, 0.717) is 10.2 Å². The fraction of sp³-hybridized carbons (Fsp3) is 0.500. The Morgan fingerprint density at radius 3 is 2.22 bits per heavy atom.